The van der Waals surface area contributed by atoms with Crippen molar-refractivity contribution in [3.05, 3.63) is 53.2 Å². The predicted molar refractivity (Wildman–Crippen MR) is 86.7 cm³/mol. The molecule has 0 amide bonds. The highest BCUT2D eigenvalue weighted by Gasteiger charge is 2.05. The zero-order valence-electron chi connectivity index (χ0n) is 12.1. The minimum absolute atomic E-state index is 0.731. The molecule has 0 unspecified atom stereocenters. The number of methoxy groups -OCH3 is 1. The van der Waals surface area contributed by atoms with Gasteiger partial charge in [0.15, 0.2) is 0 Å². The maximum absolute atomic E-state index is 5.01. The fraction of sp³-hybridized carbons (Fsp3) is 0.312. The van der Waals surface area contributed by atoms with Gasteiger partial charge in [0.25, 0.3) is 0 Å². The fourth-order valence-electron chi connectivity index (χ4n) is 2.32. The minimum atomic E-state index is 0.731. The molecule has 1 N–H and O–H groups in total. The number of hydrogen-bond acceptors (Lipinski definition) is 4. The molecular weight excluding hydrogens is 282 g/mol. The van der Waals surface area contributed by atoms with E-state index >= 15 is 0 Å². The molecule has 2 heterocycles. The largest absolute Gasteiger partial charge is 0.383 e. The molecule has 0 fully saturated rings. The molecule has 0 radical (unpaired) electrons. The van der Waals surface area contributed by atoms with Crippen LogP contribution in [0.1, 0.15) is 11.1 Å². The Balaban J connectivity index is 1.64. The summed E-state index contributed by atoms with van der Waals surface area (Å²) in [6.45, 7) is 3.24. The van der Waals surface area contributed by atoms with Gasteiger partial charge in [-0.15, -0.1) is 11.3 Å². The van der Waals surface area contributed by atoms with Gasteiger partial charge >= 0.3 is 0 Å². The lowest BCUT2D eigenvalue weighted by atomic mass is 10.2. The summed E-state index contributed by atoms with van der Waals surface area (Å²) in [6.07, 6.45) is 4.03. The maximum atomic E-state index is 5.01. The Morgan fingerprint density at radius 2 is 2.24 bits per heavy atom. The number of ether oxygens (including phenoxy) is 1. The summed E-state index contributed by atoms with van der Waals surface area (Å²) in [7, 11) is 1.71. The molecule has 21 heavy (non-hydrogen) atoms. The van der Waals surface area contributed by atoms with E-state index in [4.69, 9.17) is 4.74 Å². The van der Waals surface area contributed by atoms with E-state index in [1.807, 2.05) is 10.9 Å². The van der Waals surface area contributed by atoms with Crippen LogP contribution in [0.5, 0.6) is 0 Å². The Kier molecular flexibility index (Phi) is 4.65. The van der Waals surface area contributed by atoms with Crippen molar-refractivity contribution in [2.45, 2.75) is 13.1 Å². The van der Waals surface area contributed by atoms with Crippen LogP contribution in [-0.4, -0.2) is 30.0 Å². The van der Waals surface area contributed by atoms with Crippen LogP contribution in [-0.2, 0) is 17.8 Å². The minimum Gasteiger partial charge on any atom is -0.383 e. The number of hydrogen-bond donors (Lipinski definition) is 1. The van der Waals surface area contributed by atoms with E-state index in [1.165, 1.54) is 21.2 Å². The number of nitrogens with zero attached hydrogens (tertiary/aromatic N) is 2. The quantitative estimate of drug-likeness (QED) is 0.682. The second-order valence-electron chi connectivity index (χ2n) is 4.97. The first kappa shape index (κ1) is 14.3. The van der Waals surface area contributed by atoms with Crippen LogP contribution in [0, 0.1) is 0 Å². The van der Waals surface area contributed by atoms with E-state index < -0.39 is 0 Å². The van der Waals surface area contributed by atoms with Crippen molar-refractivity contribution in [2.75, 3.05) is 20.3 Å². The molecule has 0 spiro atoms. The van der Waals surface area contributed by atoms with Gasteiger partial charge in [-0.2, -0.15) is 5.10 Å². The lowest BCUT2D eigenvalue weighted by Crippen LogP contribution is -2.18. The highest BCUT2D eigenvalue weighted by atomic mass is 32.1. The Morgan fingerprint density at radius 3 is 3.14 bits per heavy atom. The zero-order valence-corrected chi connectivity index (χ0v) is 12.9. The van der Waals surface area contributed by atoms with Crippen molar-refractivity contribution >= 4 is 21.4 Å². The second-order valence-corrected chi connectivity index (χ2v) is 5.88. The van der Waals surface area contributed by atoms with Crippen LogP contribution in [0.2, 0.25) is 0 Å². The highest BCUT2D eigenvalue weighted by Crippen LogP contribution is 2.26. The second kappa shape index (κ2) is 6.85. The van der Waals surface area contributed by atoms with Gasteiger partial charge in [-0.1, -0.05) is 18.2 Å². The average molecular weight is 301 g/mol. The number of benzene rings is 1. The molecule has 4 nitrogen and oxygen atoms in total. The average Bonchev–Trinajstić information content (AvgIpc) is 3.12. The normalized spacial score (nSPS) is 11.3. The number of fused-ring (bicyclic) bond motifs is 1. The molecule has 0 bridgehead atoms. The lowest BCUT2D eigenvalue weighted by Gasteiger charge is -2.02. The first-order valence-electron chi connectivity index (χ1n) is 7.03. The molecule has 5 heteroatoms. The van der Waals surface area contributed by atoms with Crippen LogP contribution in [0.25, 0.3) is 10.1 Å². The third kappa shape index (κ3) is 3.50. The molecule has 0 saturated carbocycles. The molecule has 0 atom stereocenters. The van der Waals surface area contributed by atoms with Crippen molar-refractivity contribution in [3.8, 4) is 0 Å². The summed E-state index contributed by atoms with van der Waals surface area (Å²) in [5.41, 5.74) is 2.53. The number of aromatic nitrogens is 2. The molecule has 0 aliphatic heterocycles. The van der Waals surface area contributed by atoms with Crippen LogP contribution in [0.15, 0.2) is 42.0 Å². The zero-order chi connectivity index (χ0) is 14.5. The summed E-state index contributed by atoms with van der Waals surface area (Å²) in [4.78, 5) is 0. The third-order valence-corrected chi connectivity index (χ3v) is 4.40. The molecule has 3 rings (SSSR count). The van der Waals surface area contributed by atoms with E-state index in [0.29, 0.717) is 0 Å². The Hall–Kier alpha value is -1.69. The molecular formula is C16H19N3OS. The van der Waals surface area contributed by atoms with E-state index in [-0.39, 0.29) is 0 Å². The van der Waals surface area contributed by atoms with Gasteiger partial charge in [0, 0.05) is 36.7 Å². The van der Waals surface area contributed by atoms with Crippen molar-refractivity contribution in [1.29, 1.82) is 0 Å². The SMILES string of the molecule is COCCNCc1cnn(Cc2csc3ccccc23)c1. The van der Waals surface area contributed by atoms with Crippen LogP contribution in [0.3, 0.4) is 0 Å². The van der Waals surface area contributed by atoms with Crippen molar-refractivity contribution < 1.29 is 4.74 Å². The summed E-state index contributed by atoms with van der Waals surface area (Å²) in [6, 6.07) is 8.52. The number of thiophene rings is 1. The molecule has 0 aliphatic carbocycles. The van der Waals surface area contributed by atoms with E-state index in [0.717, 1.165) is 26.2 Å². The smallest absolute Gasteiger partial charge is 0.0673 e. The maximum Gasteiger partial charge on any atom is 0.0673 e. The van der Waals surface area contributed by atoms with Crippen molar-refractivity contribution in [3.63, 3.8) is 0 Å². The number of rotatable bonds is 7. The van der Waals surface area contributed by atoms with Crippen LogP contribution in [0.4, 0.5) is 0 Å². The lowest BCUT2D eigenvalue weighted by molar-refractivity contribution is 0.199. The van der Waals surface area contributed by atoms with Gasteiger partial charge in [-0.25, -0.2) is 0 Å². The predicted octanol–water partition coefficient (Wildman–Crippen LogP) is 2.88. The van der Waals surface area contributed by atoms with Gasteiger partial charge in [0.2, 0.25) is 0 Å². The van der Waals surface area contributed by atoms with Gasteiger partial charge in [0.1, 0.15) is 0 Å². The van der Waals surface area contributed by atoms with Gasteiger partial charge < -0.3 is 10.1 Å². The standard InChI is InChI=1S/C16H19N3OS/c1-20-7-6-17-8-13-9-18-19(10-13)11-14-12-21-16-5-3-2-4-15(14)16/h2-5,9-10,12,17H,6-8,11H2,1H3. The molecule has 1 aromatic carbocycles. The summed E-state index contributed by atoms with van der Waals surface area (Å²) < 4.78 is 8.35. The van der Waals surface area contributed by atoms with Crippen molar-refractivity contribution in [1.82, 2.24) is 15.1 Å². The van der Waals surface area contributed by atoms with Gasteiger partial charge in [-0.05, 0) is 22.4 Å². The van der Waals surface area contributed by atoms with Gasteiger partial charge in [-0.3, -0.25) is 4.68 Å². The first-order valence-corrected chi connectivity index (χ1v) is 7.91. The Morgan fingerprint density at radius 1 is 1.33 bits per heavy atom. The van der Waals surface area contributed by atoms with Crippen molar-refractivity contribution in [2.24, 2.45) is 0 Å². The highest BCUT2D eigenvalue weighted by molar-refractivity contribution is 7.17. The molecule has 0 aliphatic rings. The summed E-state index contributed by atoms with van der Waals surface area (Å²) in [5, 5.41) is 11.3. The summed E-state index contributed by atoms with van der Waals surface area (Å²) in [5.74, 6) is 0. The van der Waals surface area contributed by atoms with Gasteiger partial charge in [0.05, 0.1) is 19.3 Å². The Labute approximate surface area is 128 Å². The molecule has 3 aromatic rings. The third-order valence-electron chi connectivity index (χ3n) is 3.39. The molecule has 0 saturated heterocycles. The summed E-state index contributed by atoms with van der Waals surface area (Å²) >= 11 is 1.79. The van der Waals surface area contributed by atoms with Crippen LogP contribution < -0.4 is 5.32 Å². The first-order chi connectivity index (χ1) is 10.4. The monoisotopic (exact) mass is 301 g/mol. The van der Waals surface area contributed by atoms with E-state index in [1.54, 1.807) is 18.4 Å². The number of nitrogens with one attached hydrogen (secondary N) is 1. The topological polar surface area (TPSA) is 39.1 Å². The molecule has 2 aromatic heterocycles. The van der Waals surface area contributed by atoms with E-state index in [2.05, 4.69) is 46.3 Å². The van der Waals surface area contributed by atoms with E-state index in [9.17, 15) is 0 Å². The molecule has 110 valence electrons. The van der Waals surface area contributed by atoms with Crippen LogP contribution >= 0.6 is 11.3 Å². The fourth-order valence-corrected chi connectivity index (χ4v) is 3.27. The Bertz CT molecular complexity index is 704.